The molecule has 1 aromatic rings. The normalized spacial score (nSPS) is 19.5. The quantitative estimate of drug-likeness (QED) is 0.888. The number of carbonyl (C=O) groups excluding carboxylic acids is 1. The summed E-state index contributed by atoms with van der Waals surface area (Å²) in [7, 11) is 0. The highest BCUT2D eigenvalue weighted by Gasteiger charge is 2.16. The van der Waals surface area contributed by atoms with Crippen LogP contribution in [0.2, 0.25) is 0 Å². The lowest BCUT2D eigenvalue weighted by Crippen LogP contribution is -2.22. The molecule has 2 rings (SSSR count). The predicted octanol–water partition coefficient (Wildman–Crippen LogP) is 1.43. The number of carbonyl (C=O) groups is 1. The zero-order chi connectivity index (χ0) is 12.1. The number of halogens is 1. The summed E-state index contributed by atoms with van der Waals surface area (Å²) in [5, 5.41) is 2.60. The molecule has 0 bridgehead atoms. The number of ether oxygens (including phenoxy) is 2. The first-order valence-corrected chi connectivity index (χ1v) is 6.75. The van der Waals surface area contributed by atoms with E-state index in [0.29, 0.717) is 17.0 Å². The van der Waals surface area contributed by atoms with Crippen LogP contribution in [0.1, 0.15) is 12.8 Å². The third-order valence-corrected chi connectivity index (χ3v) is 3.58. The van der Waals surface area contributed by atoms with Crippen molar-refractivity contribution in [3.8, 4) is 0 Å². The van der Waals surface area contributed by atoms with E-state index in [1.165, 1.54) is 0 Å². The summed E-state index contributed by atoms with van der Waals surface area (Å²) < 4.78 is 19.0. The highest BCUT2D eigenvalue weighted by Crippen LogP contribution is 2.18. The first kappa shape index (κ1) is 12.9. The molecule has 0 radical (unpaired) electrons. The summed E-state index contributed by atoms with van der Waals surface area (Å²) in [6, 6.07) is 0. The Hall–Kier alpha value is -0.570. The fourth-order valence-corrected chi connectivity index (χ4v) is 2.39. The molecular weight excluding hydrogens is 310 g/mol. The summed E-state index contributed by atoms with van der Waals surface area (Å²) in [5.41, 5.74) is 0. The number of hydrogen-bond acceptors (Lipinski definition) is 6. The lowest BCUT2D eigenvalue weighted by molar-refractivity contribution is -0.121. The van der Waals surface area contributed by atoms with Crippen molar-refractivity contribution in [1.82, 2.24) is 8.75 Å². The summed E-state index contributed by atoms with van der Waals surface area (Å²) in [6.07, 6.45) is 2.20. The Kier molecular flexibility index (Phi) is 4.84. The Morgan fingerprint density at radius 1 is 1.65 bits per heavy atom. The maximum absolute atomic E-state index is 11.5. The van der Waals surface area contributed by atoms with E-state index < -0.39 is 0 Å². The van der Waals surface area contributed by atoms with Gasteiger partial charge in [-0.2, -0.15) is 8.75 Å². The molecule has 6 nitrogen and oxygen atoms in total. The molecule has 0 spiro atoms. The van der Waals surface area contributed by atoms with Crippen LogP contribution in [0.15, 0.2) is 4.60 Å². The van der Waals surface area contributed by atoms with Crippen LogP contribution >= 0.6 is 27.7 Å². The van der Waals surface area contributed by atoms with Crippen molar-refractivity contribution >= 4 is 39.4 Å². The van der Waals surface area contributed by atoms with Gasteiger partial charge in [0.1, 0.15) is 6.61 Å². The molecule has 0 saturated carbocycles. The van der Waals surface area contributed by atoms with Crippen LogP contribution in [0.5, 0.6) is 0 Å². The van der Waals surface area contributed by atoms with E-state index in [2.05, 4.69) is 30.0 Å². The number of hydrogen-bond donors (Lipinski definition) is 1. The van der Waals surface area contributed by atoms with Crippen LogP contribution in [0.3, 0.4) is 0 Å². The Labute approximate surface area is 111 Å². The molecule has 1 fully saturated rings. The van der Waals surface area contributed by atoms with E-state index in [1.807, 2.05) is 0 Å². The fraction of sp³-hybridized carbons (Fsp3) is 0.667. The van der Waals surface area contributed by atoms with E-state index in [0.717, 1.165) is 31.2 Å². The summed E-state index contributed by atoms with van der Waals surface area (Å²) in [5.74, 6) is 0.192. The number of aromatic nitrogens is 2. The van der Waals surface area contributed by atoms with Crippen molar-refractivity contribution in [3.63, 3.8) is 0 Å². The van der Waals surface area contributed by atoms with Crippen molar-refractivity contribution in [2.45, 2.75) is 18.9 Å². The predicted molar refractivity (Wildman–Crippen MR) is 66.0 cm³/mol. The lowest BCUT2D eigenvalue weighted by atomic mass is 10.2. The zero-order valence-electron chi connectivity index (χ0n) is 9.02. The maximum Gasteiger partial charge on any atom is 0.251 e. The number of rotatable bonds is 5. The first-order chi connectivity index (χ1) is 8.25. The molecule has 1 atom stereocenters. The minimum absolute atomic E-state index is 0.00380. The van der Waals surface area contributed by atoms with Gasteiger partial charge in [0.25, 0.3) is 5.91 Å². The van der Waals surface area contributed by atoms with Crippen molar-refractivity contribution in [2.75, 3.05) is 25.1 Å². The number of anilines is 1. The minimum atomic E-state index is -0.239. The molecule has 1 unspecified atom stereocenters. The van der Waals surface area contributed by atoms with Gasteiger partial charge in [0, 0.05) is 6.61 Å². The minimum Gasteiger partial charge on any atom is -0.376 e. The molecule has 1 aromatic heterocycles. The topological polar surface area (TPSA) is 73.3 Å². The molecule has 1 N–H and O–H groups in total. The Balaban J connectivity index is 1.65. The van der Waals surface area contributed by atoms with Crippen LogP contribution in [0.4, 0.5) is 5.82 Å². The van der Waals surface area contributed by atoms with Gasteiger partial charge in [-0.15, -0.1) is 0 Å². The van der Waals surface area contributed by atoms with Crippen molar-refractivity contribution in [1.29, 1.82) is 0 Å². The summed E-state index contributed by atoms with van der Waals surface area (Å²) >= 11 is 4.21. The number of amides is 1. The largest absolute Gasteiger partial charge is 0.376 e. The van der Waals surface area contributed by atoms with E-state index >= 15 is 0 Å². The highest BCUT2D eigenvalue weighted by molar-refractivity contribution is 9.10. The highest BCUT2D eigenvalue weighted by atomic mass is 79.9. The Morgan fingerprint density at radius 2 is 2.53 bits per heavy atom. The molecule has 8 heteroatoms. The number of nitrogens with zero attached hydrogens (tertiary/aromatic N) is 2. The van der Waals surface area contributed by atoms with Gasteiger partial charge in [0.2, 0.25) is 0 Å². The molecule has 17 heavy (non-hydrogen) atoms. The molecule has 94 valence electrons. The van der Waals surface area contributed by atoms with Crippen molar-refractivity contribution < 1.29 is 14.3 Å². The van der Waals surface area contributed by atoms with E-state index in [9.17, 15) is 4.79 Å². The SMILES string of the molecule is O=C(COCC1CCCO1)Nc1nsnc1Br. The van der Waals surface area contributed by atoms with Gasteiger partial charge in [-0.25, -0.2) is 0 Å². The average Bonchev–Trinajstić information content (AvgIpc) is 2.92. The van der Waals surface area contributed by atoms with Crippen LogP contribution in [0, 0.1) is 0 Å². The second-order valence-corrected chi connectivity index (χ2v) is 4.88. The summed E-state index contributed by atoms with van der Waals surface area (Å²) in [6.45, 7) is 1.26. The van der Waals surface area contributed by atoms with Crippen LogP contribution in [0.25, 0.3) is 0 Å². The second kappa shape index (κ2) is 6.39. The van der Waals surface area contributed by atoms with Gasteiger partial charge in [-0.1, -0.05) is 0 Å². The third-order valence-electron chi connectivity index (χ3n) is 2.27. The molecule has 0 aliphatic carbocycles. The Bertz CT molecular complexity index is 381. The van der Waals surface area contributed by atoms with Gasteiger partial charge in [0.15, 0.2) is 10.4 Å². The smallest absolute Gasteiger partial charge is 0.251 e. The molecular formula is C9H12BrN3O3S. The molecule has 0 aromatic carbocycles. The zero-order valence-corrected chi connectivity index (χ0v) is 11.4. The standard InChI is InChI=1S/C9H12BrN3O3S/c10-8-9(13-17-12-8)11-7(14)5-15-4-6-2-1-3-16-6/h6H,1-5H2,(H,11,13,14). The van der Waals surface area contributed by atoms with Crippen LogP contribution in [-0.4, -0.2) is 40.6 Å². The van der Waals surface area contributed by atoms with Gasteiger partial charge in [0.05, 0.1) is 24.4 Å². The average molecular weight is 322 g/mol. The fourth-order valence-electron chi connectivity index (χ4n) is 1.48. The maximum atomic E-state index is 11.5. The molecule has 1 aliphatic heterocycles. The second-order valence-electron chi connectivity index (χ2n) is 3.60. The summed E-state index contributed by atoms with van der Waals surface area (Å²) in [4.78, 5) is 11.5. The molecule has 1 amide bonds. The number of nitrogens with one attached hydrogen (secondary N) is 1. The van der Waals surface area contributed by atoms with Crippen LogP contribution in [-0.2, 0) is 14.3 Å². The van der Waals surface area contributed by atoms with E-state index in [4.69, 9.17) is 9.47 Å². The lowest BCUT2D eigenvalue weighted by Gasteiger charge is -2.09. The van der Waals surface area contributed by atoms with Gasteiger partial charge < -0.3 is 14.8 Å². The van der Waals surface area contributed by atoms with E-state index in [-0.39, 0.29) is 18.6 Å². The van der Waals surface area contributed by atoms with Crippen LogP contribution < -0.4 is 5.32 Å². The molecule has 1 aliphatic rings. The molecule has 2 heterocycles. The van der Waals surface area contributed by atoms with Gasteiger partial charge >= 0.3 is 0 Å². The Morgan fingerprint density at radius 3 is 3.18 bits per heavy atom. The monoisotopic (exact) mass is 321 g/mol. The van der Waals surface area contributed by atoms with Gasteiger partial charge in [-0.05, 0) is 28.8 Å². The van der Waals surface area contributed by atoms with Crippen molar-refractivity contribution in [3.05, 3.63) is 4.60 Å². The first-order valence-electron chi connectivity index (χ1n) is 5.23. The van der Waals surface area contributed by atoms with E-state index in [1.54, 1.807) is 0 Å². The van der Waals surface area contributed by atoms with Crippen molar-refractivity contribution in [2.24, 2.45) is 0 Å². The third kappa shape index (κ3) is 3.98. The van der Waals surface area contributed by atoms with Gasteiger partial charge in [-0.3, -0.25) is 4.79 Å². The molecule has 1 saturated heterocycles.